The molecule has 1 aromatic heterocycles. The highest BCUT2D eigenvalue weighted by Crippen LogP contribution is 2.27. The van der Waals surface area contributed by atoms with Crippen molar-refractivity contribution < 1.29 is 4.79 Å². The average molecular weight is 280 g/mol. The van der Waals surface area contributed by atoms with Gasteiger partial charge in [-0.05, 0) is 32.9 Å². The minimum atomic E-state index is -0.181. The summed E-state index contributed by atoms with van der Waals surface area (Å²) in [6, 6.07) is 0. The van der Waals surface area contributed by atoms with Gasteiger partial charge in [-0.3, -0.25) is 4.79 Å². The number of thioether (sulfide) groups is 1. The molecule has 1 fully saturated rings. The highest BCUT2D eigenvalue weighted by molar-refractivity contribution is 7.98. The van der Waals surface area contributed by atoms with Gasteiger partial charge in [0, 0.05) is 30.3 Å². The van der Waals surface area contributed by atoms with Crippen LogP contribution >= 0.6 is 11.8 Å². The molecule has 1 aromatic rings. The van der Waals surface area contributed by atoms with Crippen LogP contribution in [0.1, 0.15) is 24.1 Å². The quantitative estimate of drug-likeness (QED) is 0.671. The van der Waals surface area contributed by atoms with E-state index < -0.39 is 0 Å². The fourth-order valence-corrected chi connectivity index (χ4v) is 2.77. The minimum absolute atomic E-state index is 0.0134. The first-order chi connectivity index (χ1) is 9.02. The van der Waals surface area contributed by atoms with E-state index in [1.807, 2.05) is 13.2 Å². The summed E-state index contributed by atoms with van der Waals surface area (Å²) in [6.45, 7) is 5.72. The zero-order chi connectivity index (χ0) is 14.0. The van der Waals surface area contributed by atoms with Crippen molar-refractivity contribution in [3.05, 3.63) is 11.3 Å². The topological polar surface area (TPSA) is 72.1 Å². The predicted molar refractivity (Wildman–Crippen MR) is 77.4 cm³/mol. The number of piperidine rings is 1. The third kappa shape index (κ3) is 3.00. The Morgan fingerprint density at radius 3 is 2.47 bits per heavy atom. The maximum Gasteiger partial charge on any atom is 0.220 e. The van der Waals surface area contributed by atoms with Crippen LogP contribution in [0.25, 0.3) is 0 Å². The third-order valence-corrected chi connectivity index (χ3v) is 4.27. The van der Waals surface area contributed by atoms with Gasteiger partial charge < -0.3 is 10.6 Å². The minimum Gasteiger partial charge on any atom is -0.369 e. The van der Waals surface area contributed by atoms with Gasteiger partial charge in [0.1, 0.15) is 5.82 Å². The Kier molecular flexibility index (Phi) is 4.29. The largest absolute Gasteiger partial charge is 0.369 e. The molecule has 19 heavy (non-hydrogen) atoms. The number of carbonyl (C=O) groups is 1. The molecule has 1 saturated heterocycles. The smallest absolute Gasteiger partial charge is 0.220 e. The van der Waals surface area contributed by atoms with E-state index >= 15 is 0 Å². The monoisotopic (exact) mass is 280 g/mol. The summed E-state index contributed by atoms with van der Waals surface area (Å²) in [5.41, 5.74) is 7.51. The van der Waals surface area contributed by atoms with Gasteiger partial charge in [0.25, 0.3) is 0 Å². The summed E-state index contributed by atoms with van der Waals surface area (Å²) in [6.07, 6.45) is 3.60. The number of hydrogen-bond donors (Lipinski definition) is 1. The van der Waals surface area contributed by atoms with Gasteiger partial charge in [0.2, 0.25) is 5.91 Å². The van der Waals surface area contributed by atoms with E-state index in [2.05, 4.69) is 21.8 Å². The van der Waals surface area contributed by atoms with Crippen molar-refractivity contribution in [2.75, 3.05) is 24.2 Å². The molecule has 0 spiro atoms. The summed E-state index contributed by atoms with van der Waals surface area (Å²) >= 11 is 1.55. The fraction of sp³-hybridized carbons (Fsp3) is 0.615. The van der Waals surface area contributed by atoms with Gasteiger partial charge in [0.15, 0.2) is 5.16 Å². The number of primary amides is 1. The van der Waals surface area contributed by atoms with Crippen LogP contribution in [0.5, 0.6) is 0 Å². The second-order valence-corrected chi connectivity index (χ2v) is 5.68. The lowest BCUT2D eigenvalue weighted by Crippen LogP contribution is -2.39. The van der Waals surface area contributed by atoms with E-state index in [1.165, 1.54) is 0 Å². The third-order valence-electron chi connectivity index (χ3n) is 3.72. The molecule has 6 heteroatoms. The summed E-state index contributed by atoms with van der Waals surface area (Å²) in [5, 5.41) is 0.801. The number of carbonyl (C=O) groups excluding carboxylic acids is 1. The molecule has 1 aliphatic heterocycles. The molecule has 0 aliphatic carbocycles. The molecule has 0 bridgehead atoms. The van der Waals surface area contributed by atoms with Crippen LogP contribution in [0.15, 0.2) is 5.16 Å². The van der Waals surface area contributed by atoms with Gasteiger partial charge in [0.05, 0.1) is 0 Å². The molecule has 2 heterocycles. The lowest BCUT2D eigenvalue weighted by atomic mass is 9.96. The van der Waals surface area contributed by atoms with E-state index in [0.29, 0.717) is 0 Å². The molecule has 104 valence electrons. The summed E-state index contributed by atoms with van der Waals surface area (Å²) in [7, 11) is 0. The summed E-state index contributed by atoms with van der Waals surface area (Å²) in [4.78, 5) is 22.5. The molecule has 0 radical (unpaired) electrons. The average Bonchev–Trinajstić information content (AvgIpc) is 2.41. The van der Waals surface area contributed by atoms with Crippen LogP contribution in [-0.2, 0) is 4.79 Å². The zero-order valence-corrected chi connectivity index (χ0v) is 12.5. The number of nitrogens with zero attached hydrogens (tertiary/aromatic N) is 3. The van der Waals surface area contributed by atoms with Gasteiger partial charge in [-0.2, -0.15) is 0 Å². The summed E-state index contributed by atoms with van der Waals surface area (Å²) < 4.78 is 0. The SMILES string of the molecule is CSc1nc(C)c(C)c(N2CCC(C(N)=O)CC2)n1. The first kappa shape index (κ1) is 14.1. The number of amides is 1. The van der Waals surface area contributed by atoms with Crippen LogP contribution in [0.3, 0.4) is 0 Å². The highest BCUT2D eigenvalue weighted by Gasteiger charge is 2.25. The molecule has 1 aliphatic rings. The Morgan fingerprint density at radius 2 is 1.95 bits per heavy atom. The Labute approximate surface area is 118 Å². The van der Waals surface area contributed by atoms with Gasteiger partial charge in [-0.15, -0.1) is 0 Å². The van der Waals surface area contributed by atoms with Gasteiger partial charge in [-0.25, -0.2) is 9.97 Å². The number of anilines is 1. The molecule has 2 rings (SSSR count). The number of rotatable bonds is 3. The normalized spacial score (nSPS) is 16.7. The van der Waals surface area contributed by atoms with Crippen molar-refractivity contribution >= 4 is 23.5 Å². The maximum absolute atomic E-state index is 11.2. The number of hydrogen-bond acceptors (Lipinski definition) is 5. The molecule has 0 unspecified atom stereocenters. The first-order valence-corrected chi connectivity index (χ1v) is 7.69. The van der Waals surface area contributed by atoms with Crippen molar-refractivity contribution in [2.45, 2.75) is 31.8 Å². The Balaban J connectivity index is 2.19. The van der Waals surface area contributed by atoms with E-state index in [0.717, 1.165) is 48.2 Å². The standard InChI is InChI=1S/C13H20N4OS/c1-8-9(2)15-13(19-3)16-12(8)17-6-4-10(5-7-17)11(14)18/h10H,4-7H2,1-3H3,(H2,14,18). The Hall–Kier alpha value is -1.30. The second kappa shape index (κ2) is 5.77. The molecule has 0 aromatic carbocycles. The van der Waals surface area contributed by atoms with Crippen LogP contribution in [0.4, 0.5) is 5.82 Å². The van der Waals surface area contributed by atoms with Crippen LogP contribution in [0, 0.1) is 19.8 Å². The van der Waals surface area contributed by atoms with Crippen LogP contribution in [-0.4, -0.2) is 35.2 Å². The van der Waals surface area contributed by atoms with Gasteiger partial charge in [-0.1, -0.05) is 11.8 Å². The number of nitrogens with two attached hydrogens (primary N) is 1. The molecular formula is C13H20N4OS. The zero-order valence-electron chi connectivity index (χ0n) is 11.6. The lowest BCUT2D eigenvalue weighted by Gasteiger charge is -2.32. The maximum atomic E-state index is 11.2. The molecule has 0 atom stereocenters. The van der Waals surface area contributed by atoms with E-state index in [1.54, 1.807) is 11.8 Å². The van der Waals surface area contributed by atoms with Crippen LogP contribution < -0.4 is 10.6 Å². The van der Waals surface area contributed by atoms with E-state index in [4.69, 9.17) is 5.73 Å². The molecule has 5 nitrogen and oxygen atoms in total. The highest BCUT2D eigenvalue weighted by atomic mass is 32.2. The molecule has 0 saturated carbocycles. The predicted octanol–water partition coefficient (Wildman–Crippen LogP) is 1.52. The van der Waals surface area contributed by atoms with E-state index in [-0.39, 0.29) is 11.8 Å². The van der Waals surface area contributed by atoms with E-state index in [9.17, 15) is 4.79 Å². The Bertz CT molecular complexity index is 484. The first-order valence-electron chi connectivity index (χ1n) is 6.46. The molecule has 2 N–H and O–H groups in total. The Morgan fingerprint density at radius 1 is 1.32 bits per heavy atom. The van der Waals surface area contributed by atoms with Crippen molar-refractivity contribution in [2.24, 2.45) is 11.7 Å². The van der Waals surface area contributed by atoms with Crippen molar-refractivity contribution in [3.63, 3.8) is 0 Å². The summed E-state index contributed by atoms with van der Waals surface area (Å²) in [5.74, 6) is 0.833. The van der Waals surface area contributed by atoms with Crippen LogP contribution in [0.2, 0.25) is 0 Å². The molecule has 1 amide bonds. The van der Waals surface area contributed by atoms with Crippen molar-refractivity contribution in [1.29, 1.82) is 0 Å². The lowest BCUT2D eigenvalue weighted by molar-refractivity contribution is -0.122. The van der Waals surface area contributed by atoms with Crippen molar-refractivity contribution in [3.8, 4) is 0 Å². The molecular weight excluding hydrogens is 260 g/mol. The fourth-order valence-electron chi connectivity index (χ4n) is 2.36. The number of aromatic nitrogens is 2. The van der Waals surface area contributed by atoms with Crippen molar-refractivity contribution in [1.82, 2.24) is 9.97 Å². The second-order valence-electron chi connectivity index (χ2n) is 4.91. The van der Waals surface area contributed by atoms with Gasteiger partial charge >= 0.3 is 0 Å². The number of aryl methyl sites for hydroxylation is 1.